The summed E-state index contributed by atoms with van der Waals surface area (Å²) in [4.78, 5) is 47.1. The van der Waals surface area contributed by atoms with Crippen LogP contribution in [0.5, 0.6) is 17.9 Å². The van der Waals surface area contributed by atoms with Gasteiger partial charge in [0.25, 0.3) is 0 Å². The minimum Gasteiger partial charge on any atom is -0.480 e. The van der Waals surface area contributed by atoms with Crippen molar-refractivity contribution >= 4 is 23.5 Å². The van der Waals surface area contributed by atoms with Crippen LogP contribution in [0.1, 0.15) is 6.92 Å². The summed E-state index contributed by atoms with van der Waals surface area (Å²) in [6, 6.07) is 4.24. The van der Waals surface area contributed by atoms with Gasteiger partial charge in [-0.2, -0.15) is 4.98 Å². The second-order valence-electron chi connectivity index (χ2n) is 8.64. The fraction of sp³-hybridized carbons (Fsp3) is 0.348. The van der Waals surface area contributed by atoms with Crippen molar-refractivity contribution in [3.63, 3.8) is 0 Å². The van der Waals surface area contributed by atoms with Crippen LogP contribution in [-0.4, -0.2) is 75.5 Å². The summed E-state index contributed by atoms with van der Waals surface area (Å²) in [7, 11) is 1.36. The van der Waals surface area contributed by atoms with E-state index in [9.17, 15) is 19.7 Å². The molecule has 0 bridgehead atoms. The molecule has 0 spiro atoms. The van der Waals surface area contributed by atoms with E-state index in [1.54, 1.807) is 6.07 Å². The van der Waals surface area contributed by atoms with E-state index in [1.807, 2.05) is 0 Å². The molecule has 1 saturated heterocycles. The first kappa shape index (κ1) is 25.6. The molecule has 0 saturated carbocycles. The van der Waals surface area contributed by atoms with Crippen LogP contribution < -0.4 is 24.4 Å². The van der Waals surface area contributed by atoms with E-state index >= 15 is 4.39 Å². The van der Waals surface area contributed by atoms with Crippen LogP contribution in [-0.2, 0) is 16.1 Å². The Morgan fingerprint density at radius 3 is 2.85 bits per heavy atom. The number of aromatic nitrogens is 4. The van der Waals surface area contributed by atoms with E-state index in [4.69, 9.17) is 18.9 Å². The van der Waals surface area contributed by atoms with Crippen molar-refractivity contribution in [2.45, 2.75) is 25.7 Å². The Morgan fingerprint density at radius 1 is 1.31 bits per heavy atom. The predicted molar refractivity (Wildman–Crippen MR) is 129 cm³/mol. The number of carbonyl (C=O) groups is 2. The van der Waals surface area contributed by atoms with E-state index in [0.717, 1.165) is 0 Å². The lowest BCUT2D eigenvalue weighted by atomic mass is 10.1. The van der Waals surface area contributed by atoms with Gasteiger partial charge in [0, 0.05) is 23.7 Å². The van der Waals surface area contributed by atoms with Crippen LogP contribution in [0.2, 0.25) is 0 Å². The van der Waals surface area contributed by atoms with Crippen LogP contribution in [0.4, 0.5) is 20.7 Å². The van der Waals surface area contributed by atoms with Gasteiger partial charge < -0.3 is 34.4 Å². The average Bonchev–Trinajstić information content (AvgIpc) is 3.50. The van der Waals surface area contributed by atoms with Gasteiger partial charge in [-0.1, -0.05) is 0 Å². The number of methoxy groups -OCH3 is 1. The summed E-state index contributed by atoms with van der Waals surface area (Å²) in [6.07, 6.45) is 0.795. The number of nitrogens with zero attached hydrogens (tertiary/aromatic N) is 6. The number of carbonyl (C=O) groups excluding carboxylic acids is 2. The first-order chi connectivity index (χ1) is 18.7. The third-order valence-corrected chi connectivity index (χ3v) is 5.92. The Bertz CT molecular complexity index is 1450. The largest absolute Gasteiger partial charge is 0.480 e. The summed E-state index contributed by atoms with van der Waals surface area (Å²) in [5.41, 5.74) is 0.651. The monoisotopic (exact) mass is 543 g/mol. The molecule has 2 amide bonds. The summed E-state index contributed by atoms with van der Waals surface area (Å²) >= 11 is 0. The lowest BCUT2D eigenvalue weighted by Crippen LogP contribution is -2.35. The summed E-state index contributed by atoms with van der Waals surface area (Å²) in [5, 5.41) is 13.5. The molecule has 1 fully saturated rings. The van der Waals surface area contributed by atoms with Crippen molar-refractivity contribution in [2.24, 2.45) is 0 Å². The molecule has 39 heavy (non-hydrogen) atoms. The maximum absolute atomic E-state index is 15.2. The molecule has 3 aromatic rings. The fourth-order valence-electron chi connectivity index (χ4n) is 4.11. The molecule has 15 nitrogen and oxygen atoms in total. The molecule has 0 aliphatic carbocycles. The van der Waals surface area contributed by atoms with Gasteiger partial charge in [0.05, 0.1) is 38.0 Å². The zero-order chi connectivity index (χ0) is 27.7. The number of nitrogens with one attached hydrogen (secondary N) is 1. The van der Waals surface area contributed by atoms with Gasteiger partial charge in [-0.3, -0.25) is 14.3 Å². The van der Waals surface area contributed by atoms with Gasteiger partial charge in [0.15, 0.2) is 6.10 Å². The highest BCUT2D eigenvalue weighted by atomic mass is 19.1. The number of rotatable bonds is 8. The number of fused-ring (bicyclic) bond motifs is 1. The first-order valence-corrected chi connectivity index (χ1v) is 11.7. The van der Waals surface area contributed by atoms with Crippen molar-refractivity contribution in [3.05, 3.63) is 46.5 Å². The number of hydrogen-bond acceptors (Lipinski definition) is 11. The number of halogens is 1. The molecule has 0 radical (unpaired) electrons. The minimum atomic E-state index is -0.656. The second-order valence-corrected chi connectivity index (χ2v) is 8.64. The van der Waals surface area contributed by atoms with Gasteiger partial charge in [-0.25, -0.2) is 14.2 Å². The molecule has 2 aliphatic rings. The Morgan fingerprint density at radius 2 is 2.13 bits per heavy atom. The van der Waals surface area contributed by atoms with Crippen molar-refractivity contribution in [1.82, 2.24) is 24.8 Å². The predicted octanol–water partition coefficient (Wildman–Crippen LogP) is 1.70. The zero-order valence-corrected chi connectivity index (χ0v) is 20.7. The molecule has 5 rings (SSSR count). The number of hydrogen-bond donors (Lipinski definition) is 1. The van der Waals surface area contributed by atoms with Crippen LogP contribution in [0.15, 0.2) is 30.6 Å². The minimum absolute atomic E-state index is 0.0401. The second kappa shape index (κ2) is 10.4. The summed E-state index contributed by atoms with van der Waals surface area (Å²) in [6.45, 7) is 1.93. The molecule has 2 atom stereocenters. The lowest BCUT2D eigenvalue weighted by Gasteiger charge is -2.22. The highest BCUT2D eigenvalue weighted by Gasteiger charge is 2.33. The van der Waals surface area contributed by atoms with Gasteiger partial charge in [-0.05, 0) is 23.1 Å². The smallest absolute Gasteiger partial charge is 0.414 e. The third-order valence-electron chi connectivity index (χ3n) is 5.92. The van der Waals surface area contributed by atoms with Gasteiger partial charge in [0.1, 0.15) is 24.7 Å². The van der Waals surface area contributed by atoms with E-state index in [1.165, 1.54) is 48.0 Å². The van der Waals surface area contributed by atoms with E-state index in [-0.39, 0.29) is 72.7 Å². The van der Waals surface area contributed by atoms with Crippen LogP contribution in [0, 0.1) is 15.9 Å². The van der Waals surface area contributed by atoms with E-state index in [0.29, 0.717) is 0 Å². The Hall–Kier alpha value is -5.02. The summed E-state index contributed by atoms with van der Waals surface area (Å²) in [5.74, 6) is -1.21. The standard InChI is InChI=1S/C23H22FN7O8/c1-12(32)25-6-14-9-30(23(33)39-14)13-3-4-16(18(24)5-13)17-7-26-21(28-20(17)36-2)38-15-8-29-10-19(31(34)35)27-22(29)37-11-15/h3-5,7,10,14-15H,6,8-9,11H2,1-2H3,(H,25,32). The number of imidazole rings is 1. The Labute approximate surface area is 219 Å². The number of amides is 2. The lowest BCUT2D eigenvalue weighted by molar-refractivity contribution is -0.389. The Kier molecular flexibility index (Phi) is 6.83. The third kappa shape index (κ3) is 5.34. The van der Waals surface area contributed by atoms with Crippen LogP contribution >= 0.6 is 0 Å². The molecular formula is C23H22FN7O8. The topological polar surface area (TPSA) is 173 Å². The molecule has 204 valence electrons. The molecular weight excluding hydrogens is 521 g/mol. The molecule has 4 heterocycles. The van der Waals surface area contributed by atoms with E-state index < -0.39 is 29.0 Å². The average molecular weight is 543 g/mol. The maximum Gasteiger partial charge on any atom is 0.414 e. The number of cyclic esters (lactones) is 1. The van der Waals surface area contributed by atoms with Crippen LogP contribution in [0.25, 0.3) is 11.1 Å². The van der Waals surface area contributed by atoms with E-state index in [2.05, 4.69) is 20.3 Å². The first-order valence-electron chi connectivity index (χ1n) is 11.7. The summed E-state index contributed by atoms with van der Waals surface area (Å²) < 4.78 is 38.4. The number of anilines is 1. The molecule has 2 aromatic heterocycles. The zero-order valence-electron chi connectivity index (χ0n) is 20.7. The quantitative estimate of drug-likeness (QED) is 0.324. The normalized spacial score (nSPS) is 18.1. The number of ether oxygens (including phenoxy) is 4. The molecule has 1 N–H and O–H groups in total. The van der Waals surface area contributed by atoms with Gasteiger partial charge in [0.2, 0.25) is 11.8 Å². The van der Waals surface area contributed by atoms with Gasteiger partial charge in [-0.15, -0.1) is 0 Å². The van der Waals surface area contributed by atoms with Crippen molar-refractivity contribution in [2.75, 3.05) is 31.7 Å². The maximum atomic E-state index is 15.2. The highest BCUT2D eigenvalue weighted by molar-refractivity contribution is 5.90. The highest BCUT2D eigenvalue weighted by Crippen LogP contribution is 2.34. The molecule has 2 aliphatic heterocycles. The van der Waals surface area contributed by atoms with Crippen molar-refractivity contribution in [1.29, 1.82) is 0 Å². The molecule has 1 aromatic carbocycles. The van der Waals surface area contributed by atoms with Crippen molar-refractivity contribution < 1.29 is 37.9 Å². The SMILES string of the molecule is COc1nc(OC2COc3nc([N+](=O)[O-])cn3C2)ncc1-c1ccc(N2CC(CNC(C)=O)OC2=O)cc1F. The van der Waals surface area contributed by atoms with Crippen LogP contribution in [0.3, 0.4) is 0 Å². The Balaban J connectivity index is 1.29. The van der Waals surface area contributed by atoms with Crippen molar-refractivity contribution in [3.8, 4) is 29.0 Å². The molecule has 16 heteroatoms. The molecule has 2 unspecified atom stereocenters. The fourth-order valence-corrected chi connectivity index (χ4v) is 4.11. The number of nitro groups is 1. The number of benzene rings is 1. The van der Waals surface area contributed by atoms with Gasteiger partial charge >= 0.3 is 23.9 Å².